The van der Waals surface area contributed by atoms with Crippen molar-refractivity contribution in [2.24, 2.45) is 7.05 Å². The molecule has 0 bridgehead atoms. The highest BCUT2D eigenvalue weighted by Gasteiger charge is 2.05. The molecule has 0 saturated carbocycles. The monoisotopic (exact) mass is 211 g/mol. The zero-order chi connectivity index (χ0) is 10.1. The van der Waals surface area contributed by atoms with Gasteiger partial charge in [0.2, 0.25) is 11.4 Å². The second kappa shape index (κ2) is 3.22. The van der Waals surface area contributed by atoms with Gasteiger partial charge in [-0.2, -0.15) is 4.80 Å². The van der Waals surface area contributed by atoms with Gasteiger partial charge in [0.1, 0.15) is 5.15 Å². The van der Waals surface area contributed by atoms with Crippen LogP contribution in [-0.4, -0.2) is 25.2 Å². The SMILES string of the molecule is Cn1nnc(-c2cc(Cl)[nH]c(=O)c2)n1. The molecular weight excluding hydrogens is 206 g/mol. The van der Waals surface area contributed by atoms with Gasteiger partial charge in [0, 0.05) is 11.6 Å². The molecule has 0 unspecified atom stereocenters. The maximum absolute atomic E-state index is 11.1. The lowest BCUT2D eigenvalue weighted by molar-refractivity contribution is 0.630. The van der Waals surface area contributed by atoms with E-state index >= 15 is 0 Å². The number of nitrogens with zero attached hydrogens (tertiary/aromatic N) is 4. The quantitative estimate of drug-likeness (QED) is 0.685. The first-order valence-electron chi connectivity index (χ1n) is 3.79. The van der Waals surface area contributed by atoms with Gasteiger partial charge in [-0.1, -0.05) is 11.6 Å². The molecule has 7 heteroatoms. The van der Waals surface area contributed by atoms with Crippen molar-refractivity contribution in [2.75, 3.05) is 0 Å². The molecule has 6 nitrogen and oxygen atoms in total. The molecule has 72 valence electrons. The molecule has 0 atom stereocenters. The molecule has 1 N–H and O–H groups in total. The highest BCUT2D eigenvalue weighted by molar-refractivity contribution is 6.29. The third-order valence-corrected chi connectivity index (χ3v) is 1.78. The molecule has 0 fully saturated rings. The van der Waals surface area contributed by atoms with E-state index in [-0.39, 0.29) is 10.7 Å². The van der Waals surface area contributed by atoms with Crippen molar-refractivity contribution in [1.29, 1.82) is 0 Å². The summed E-state index contributed by atoms with van der Waals surface area (Å²) in [7, 11) is 1.64. The van der Waals surface area contributed by atoms with Crippen molar-refractivity contribution >= 4 is 11.6 Å². The summed E-state index contributed by atoms with van der Waals surface area (Å²) in [6, 6.07) is 2.93. The largest absolute Gasteiger partial charge is 0.313 e. The lowest BCUT2D eigenvalue weighted by Crippen LogP contribution is -2.04. The summed E-state index contributed by atoms with van der Waals surface area (Å²) in [6.07, 6.45) is 0. The Morgan fingerprint density at radius 1 is 1.50 bits per heavy atom. The fraction of sp³-hybridized carbons (Fsp3) is 0.143. The van der Waals surface area contributed by atoms with Crippen LogP contribution in [0.1, 0.15) is 0 Å². The maximum atomic E-state index is 11.1. The smallest absolute Gasteiger partial charge is 0.249 e. The van der Waals surface area contributed by atoms with Crippen LogP contribution in [0.4, 0.5) is 0 Å². The van der Waals surface area contributed by atoms with Gasteiger partial charge in [-0.25, -0.2) is 0 Å². The average molecular weight is 212 g/mol. The molecule has 0 aromatic carbocycles. The molecule has 0 radical (unpaired) electrons. The average Bonchev–Trinajstić information content (AvgIpc) is 2.50. The van der Waals surface area contributed by atoms with Gasteiger partial charge in [0.15, 0.2) is 0 Å². The Hall–Kier alpha value is -1.69. The molecule has 2 aromatic rings. The first kappa shape index (κ1) is 8.89. The Balaban J connectivity index is 2.56. The van der Waals surface area contributed by atoms with Crippen LogP contribution >= 0.6 is 11.6 Å². The molecule has 0 aliphatic carbocycles. The van der Waals surface area contributed by atoms with E-state index < -0.39 is 0 Å². The van der Waals surface area contributed by atoms with Crippen molar-refractivity contribution in [1.82, 2.24) is 25.2 Å². The number of pyridine rings is 1. The van der Waals surface area contributed by atoms with E-state index in [1.165, 1.54) is 10.9 Å². The summed E-state index contributed by atoms with van der Waals surface area (Å²) < 4.78 is 0. The van der Waals surface area contributed by atoms with Gasteiger partial charge in [-0.05, 0) is 11.3 Å². The maximum Gasteiger partial charge on any atom is 0.249 e. The number of hydrogen-bond acceptors (Lipinski definition) is 4. The Bertz CT molecular complexity index is 517. The van der Waals surface area contributed by atoms with Gasteiger partial charge in [-0.3, -0.25) is 4.79 Å². The number of hydrogen-bond donors (Lipinski definition) is 1. The van der Waals surface area contributed by atoms with E-state index in [1.807, 2.05) is 0 Å². The van der Waals surface area contributed by atoms with Crippen molar-refractivity contribution in [3.8, 4) is 11.4 Å². The Morgan fingerprint density at radius 3 is 2.86 bits per heavy atom. The van der Waals surface area contributed by atoms with E-state index in [0.29, 0.717) is 11.4 Å². The van der Waals surface area contributed by atoms with Gasteiger partial charge in [-0.15, -0.1) is 10.2 Å². The van der Waals surface area contributed by atoms with Gasteiger partial charge in [0.25, 0.3) is 0 Å². The fourth-order valence-corrected chi connectivity index (χ4v) is 1.25. The number of halogens is 1. The Kier molecular flexibility index (Phi) is 2.05. The summed E-state index contributed by atoms with van der Waals surface area (Å²) in [6.45, 7) is 0. The summed E-state index contributed by atoms with van der Waals surface area (Å²) in [5.74, 6) is 0.375. The van der Waals surface area contributed by atoms with Crippen LogP contribution in [0.3, 0.4) is 0 Å². The van der Waals surface area contributed by atoms with Gasteiger partial charge >= 0.3 is 0 Å². The minimum absolute atomic E-state index is 0.250. The number of rotatable bonds is 1. The second-order valence-electron chi connectivity index (χ2n) is 2.68. The third kappa shape index (κ3) is 1.64. The van der Waals surface area contributed by atoms with Crippen LogP contribution in [0.5, 0.6) is 0 Å². The predicted octanol–water partition coefficient (Wildman–Crippen LogP) is 0.219. The Morgan fingerprint density at radius 2 is 2.29 bits per heavy atom. The van der Waals surface area contributed by atoms with Crippen LogP contribution < -0.4 is 5.56 Å². The summed E-state index contributed by atoms with van der Waals surface area (Å²) in [5, 5.41) is 11.6. The van der Waals surface area contributed by atoms with Crippen LogP contribution in [-0.2, 0) is 7.05 Å². The van der Waals surface area contributed by atoms with E-state index in [1.54, 1.807) is 13.1 Å². The zero-order valence-electron chi connectivity index (χ0n) is 7.23. The number of tetrazole rings is 1. The van der Waals surface area contributed by atoms with Crippen molar-refractivity contribution in [3.05, 3.63) is 27.6 Å². The predicted molar refractivity (Wildman–Crippen MR) is 49.9 cm³/mol. The first-order chi connectivity index (χ1) is 6.65. The fourth-order valence-electron chi connectivity index (χ4n) is 1.04. The molecular formula is C7H6ClN5O. The number of aromatic nitrogens is 5. The van der Waals surface area contributed by atoms with Crippen LogP contribution in [0.25, 0.3) is 11.4 Å². The number of nitrogens with one attached hydrogen (secondary N) is 1. The molecule has 0 saturated heterocycles. The molecule has 0 aliphatic rings. The molecule has 14 heavy (non-hydrogen) atoms. The summed E-state index contributed by atoms with van der Waals surface area (Å²) in [4.78, 5) is 14.8. The van der Waals surface area contributed by atoms with Crippen molar-refractivity contribution < 1.29 is 0 Å². The van der Waals surface area contributed by atoms with E-state index in [2.05, 4.69) is 20.4 Å². The van der Waals surface area contributed by atoms with Gasteiger partial charge < -0.3 is 4.98 Å². The minimum atomic E-state index is -0.292. The van der Waals surface area contributed by atoms with E-state index in [4.69, 9.17) is 11.6 Å². The number of H-pyrrole nitrogens is 1. The lowest BCUT2D eigenvalue weighted by Gasteiger charge is -1.93. The summed E-state index contributed by atoms with van der Waals surface area (Å²) in [5.41, 5.74) is 0.256. The van der Waals surface area contributed by atoms with Gasteiger partial charge in [0.05, 0.1) is 7.05 Å². The highest BCUT2D eigenvalue weighted by Crippen LogP contribution is 2.13. The molecule has 0 amide bonds. The molecule has 2 heterocycles. The first-order valence-corrected chi connectivity index (χ1v) is 4.17. The lowest BCUT2D eigenvalue weighted by atomic mass is 10.2. The Labute approximate surface area is 83.5 Å². The van der Waals surface area contributed by atoms with Crippen LogP contribution in [0, 0.1) is 0 Å². The zero-order valence-corrected chi connectivity index (χ0v) is 7.99. The number of aromatic amines is 1. The molecule has 2 rings (SSSR count). The third-order valence-electron chi connectivity index (χ3n) is 1.58. The van der Waals surface area contributed by atoms with E-state index in [9.17, 15) is 4.79 Å². The minimum Gasteiger partial charge on any atom is -0.313 e. The molecule has 0 spiro atoms. The highest BCUT2D eigenvalue weighted by atomic mass is 35.5. The van der Waals surface area contributed by atoms with Crippen molar-refractivity contribution in [3.63, 3.8) is 0 Å². The van der Waals surface area contributed by atoms with Crippen LogP contribution in [0.15, 0.2) is 16.9 Å². The van der Waals surface area contributed by atoms with Crippen LogP contribution in [0.2, 0.25) is 5.15 Å². The van der Waals surface area contributed by atoms with E-state index in [0.717, 1.165) is 0 Å². The standard InChI is InChI=1S/C7H6ClN5O/c1-13-11-7(10-12-13)4-2-5(8)9-6(14)3-4/h2-3H,1H3,(H,9,14). The molecule has 0 aliphatic heterocycles. The second-order valence-corrected chi connectivity index (χ2v) is 3.09. The topological polar surface area (TPSA) is 76.5 Å². The van der Waals surface area contributed by atoms with Crippen molar-refractivity contribution in [2.45, 2.75) is 0 Å². The normalized spacial score (nSPS) is 10.4. The molecule has 2 aromatic heterocycles. The summed E-state index contributed by atoms with van der Waals surface area (Å²) >= 11 is 5.67. The number of aryl methyl sites for hydroxylation is 1.